The molecule has 0 fully saturated rings. The number of hydrogen-bond donors (Lipinski definition) is 0. The van der Waals surface area contributed by atoms with E-state index < -0.39 is 0 Å². The van der Waals surface area contributed by atoms with Crippen LogP contribution < -0.4 is 0 Å². The van der Waals surface area contributed by atoms with E-state index in [2.05, 4.69) is 41.4 Å². The van der Waals surface area contributed by atoms with Gasteiger partial charge < -0.3 is 0 Å². The lowest BCUT2D eigenvalue weighted by Crippen LogP contribution is -1.88. The minimum absolute atomic E-state index is 0.777. The summed E-state index contributed by atoms with van der Waals surface area (Å²) in [5, 5.41) is 0.777. The van der Waals surface area contributed by atoms with Gasteiger partial charge in [-0.05, 0) is 72.0 Å². The van der Waals surface area contributed by atoms with Gasteiger partial charge in [-0.2, -0.15) is 0 Å². The third-order valence-electron chi connectivity index (χ3n) is 3.86. The van der Waals surface area contributed by atoms with E-state index in [1.807, 2.05) is 48.4 Å². The first-order valence-corrected chi connectivity index (χ1v) is 9.55. The van der Waals surface area contributed by atoms with Crippen molar-refractivity contribution in [2.75, 3.05) is 5.75 Å². The Bertz CT molecular complexity index is 756. The van der Waals surface area contributed by atoms with E-state index >= 15 is 0 Å². The molecular formula is C21H20ClNS. The molecule has 0 bridgehead atoms. The first-order chi connectivity index (χ1) is 11.8. The number of aromatic nitrogens is 1. The molecular weight excluding hydrogens is 334 g/mol. The molecule has 0 aliphatic rings. The van der Waals surface area contributed by atoms with Crippen LogP contribution in [-0.4, -0.2) is 10.7 Å². The minimum atomic E-state index is 0.777. The van der Waals surface area contributed by atoms with Gasteiger partial charge in [-0.3, -0.25) is 4.98 Å². The molecule has 1 nitrogen and oxygen atoms in total. The predicted octanol–water partition coefficient (Wildman–Crippen LogP) is 6.52. The Morgan fingerprint density at radius 1 is 0.875 bits per heavy atom. The number of benzene rings is 2. The second kappa shape index (κ2) is 8.91. The van der Waals surface area contributed by atoms with Crippen molar-refractivity contribution < 1.29 is 0 Å². The van der Waals surface area contributed by atoms with Crippen LogP contribution in [-0.2, 0) is 6.42 Å². The van der Waals surface area contributed by atoms with Crippen LogP contribution in [0.3, 0.4) is 0 Å². The zero-order valence-electron chi connectivity index (χ0n) is 13.5. The number of aryl methyl sites for hydroxylation is 1. The van der Waals surface area contributed by atoms with Gasteiger partial charge in [-0.15, -0.1) is 11.8 Å². The fourth-order valence-electron chi connectivity index (χ4n) is 2.58. The van der Waals surface area contributed by atoms with Crippen molar-refractivity contribution >= 4 is 23.4 Å². The lowest BCUT2D eigenvalue weighted by molar-refractivity contribution is 0.799. The second-order valence-corrected chi connectivity index (χ2v) is 7.31. The summed E-state index contributed by atoms with van der Waals surface area (Å²) in [5.74, 6) is 1.15. The molecule has 0 saturated carbocycles. The number of hydrogen-bond acceptors (Lipinski definition) is 2. The highest BCUT2D eigenvalue weighted by molar-refractivity contribution is 7.99. The molecule has 0 radical (unpaired) electrons. The summed E-state index contributed by atoms with van der Waals surface area (Å²) in [4.78, 5) is 5.48. The molecule has 0 unspecified atom stereocenters. The van der Waals surface area contributed by atoms with Crippen molar-refractivity contribution in [3.63, 3.8) is 0 Å². The summed E-state index contributed by atoms with van der Waals surface area (Å²) >= 11 is 7.98. The van der Waals surface area contributed by atoms with Crippen LogP contribution in [0.2, 0.25) is 5.02 Å². The molecule has 3 aromatic rings. The molecule has 3 heteroatoms. The normalized spacial score (nSPS) is 10.7. The van der Waals surface area contributed by atoms with Crippen LogP contribution in [0.4, 0.5) is 0 Å². The van der Waals surface area contributed by atoms with E-state index in [9.17, 15) is 0 Å². The van der Waals surface area contributed by atoms with Crippen molar-refractivity contribution in [1.29, 1.82) is 0 Å². The zero-order valence-corrected chi connectivity index (χ0v) is 15.1. The summed E-state index contributed by atoms with van der Waals surface area (Å²) in [5.41, 5.74) is 3.70. The van der Waals surface area contributed by atoms with Crippen molar-refractivity contribution in [2.24, 2.45) is 0 Å². The van der Waals surface area contributed by atoms with Crippen LogP contribution in [0.1, 0.15) is 18.4 Å². The van der Waals surface area contributed by atoms with E-state index in [1.165, 1.54) is 28.9 Å². The van der Waals surface area contributed by atoms with Crippen LogP contribution in [0.15, 0.2) is 78.0 Å². The number of pyridine rings is 1. The van der Waals surface area contributed by atoms with Crippen LogP contribution in [0, 0.1) is 0 Å². The first kappa shape index (κ1) is 17.1. The van der Waals surface area contributed by atoms with Gasteiger partial charge in [0.15, 0.2) is 0 Å². The minimum Gasteiger partial charge on any atom is -0.264 e. The number of nitrogens with zero attached hydrogens (tertiary/aromatic N) is 1. The molecule has 2 aromatic carbocycles. The third kappa shape index (κ3) is 5.12. The number of thioether (sulfide) groups is 1. The maximum absolute atomic E-state index is 6.06. The molecule has 0 aliphatic carbocycles. The highest BCUT2D eigenvalue weighted by Crippen LogP contribution is 2.26. The Morgan fingerprint density at radius 2 is 1.75 bits per heavy atom. The van der Waals surface area contributed by atoms with Gasteiger partial charge in [0.2, 0.25) is 0 Å². The van der Waals surface area contributed by atoms with Gasteiger partial charge >= 0.3 is 0 Å². The fourth-order valence-corrected chi connectivity index (χ4v) is 3.68. The maximum Gasteiger partial charge on any atom is 0.0412 e. The number of unbranched alkanes of at least 4 members (excludes halogenated alkanes) is 1. The van der Waals surface area contributed by atoms with E-state index in [0.717, 1.165) is 22.8 Å². The third-order valence-corrected chi connectivity index (χ3v) is 5.20. The molecule has 0 amide bonds. The topological polar surface area (TPSA) is 12.9 Å². The largest absolute Gasteiger partial charge is 0.264 e. The fraction of sp³-hybridized carbons (Fsp3) is 0.190. The molecule has 1 heterocycles. The number of halogens is 1. The summed E-state index contributed by atoms with van der Waals surface area (Å²) in [6, 6.07) is 20.9. The highest BCUT2D eigenvalue weighted by Gasteiger charge is 2.00. The van der Waals surface area contributed by atoms with Crippen LogP contribution in [0.5, 0.6) is 0 Å². The average Bonchev–Trinajstić information content (AvgIpc) is 2.63. The summed E-state index contributed by atoms with van der Waals surface area (Å²) in [6.45, 7) is 0. The molecule has 0 atom stereocenters. The van der Waals surface area contributed by atoms with Crippen LogP contribution >= 0.6 is 23.4 Å². The molecule has 0 N–H and O–H groups in total. The van der Waals surface area contributed by atoms with Gasteiger partial charge in [-0.25, -0.2) is 0 Å². The van der Waals surface area contributed by atoms with Crippen LogP contribution in [0.25, 0.3) is 11.1 Å². The highest BCUT2D eigenvalue weighted by atomic mass is 35.5. The van der Waals surface area contributed by atoms with Crippen molar-refractivity contribution in [3.8, 4) is 11.1 Å². The lowest BCUT2D eigenvalue weighted by atomic mass is 10.1. The van der Waals surface area contributed by atoms with Gasteiger partial charge in [0.25, 0.3) is 0 Å². The maximum atomic E-state index is 6.06. The lowest BCUT2D eigenvalue weighted by Gasteiger charge is -2.05. The van der Waals surface area contributed by atoms with E-state index in [0.29, 0.717) is 0 Å². The predicted molar refractivity (Wildman–Crippen MR) is 105 cm³/mol. The van der Waals surface area contributed by atoms with Crippen molar-refractivity contribution in [1.82, 2.24) is 4.98 Å². The van der Waals surface area contributed by atoms with E-state index in [-0.39, 0.29) is 0 Å². The first-order valence-electron chi connectivity index (χ1n) is 8.19. The Balaban J connectivity index is 1.45. The summed E-state index contributed by atoms with van der Waals surface area (Å²) < 4.78 is 0. The molecule has 3 rings (SSSR count). The van der Waals surface area contributed by atoms with Crippen molar-refractivity contribution in [3.05, 3.63) is 83.6 Å². The van der Waals surface area contributed by atoms with E-state index in [4.69, 9.17) is 11.6 Å². The zero-order chi connectivity index (χ0) is 16.6. The van der Waals surface area contributed by atoms with Gasteiger partial charge in [0.1, 0.15) is 0 Å². The Hall–Kier alpha value is -1.77. The van der Waals surface area contributed by atoms with E-state index in [1.54, 1.807) is 0 Å². The molecule has 24 heavy (non-hydrogen) atoms. The molecule has 0 spiro atoms. The summed E-state index contributed by atoms with van der Waals surface area (Å²) in [6.07, 6.45) is 7.32. The molecule has 122 valence electrons. The SMILES string of the molecule is Clc1cccc(-c2ccc(SCCCCc3cccnc3)cc2)c1. The summed E-state index contributed by atoms with van der Waals surface area (Å²) in [7, 11) is 0. The van der Waals surface area contributed by atoms with Gasteiger partial charge in [0.05, 0.1) is 0 Å². The standard InChI is InChI=1S/C21H20ClNS/c22-20-8-3-7-19(15-20)18-9-11-21(12-10-18)24-14-2-1-5-17-6-4-13-23-16-17/h3-4,6-13,15-16H,1-2,5,14H2. The molecule has 1 aromatic heterocycles. The molecule has 0 aliphatic heterocycles. The average molecular weight is 354 g/mol. The monoisotopic (exact) mass is 353 g/mol. The molecule has 0 saturated heterocycles. The van der Waals surface area contributed by atoms with Crippen molar-refractivity contribution in [2.45, 2.75) is 24.2 Å². The smallest absolute Gasteiger partial charge is 0.0412 e. The van der Waals surface area contributed by atoms with Gasteiger partial charge in [-0.1, -0.05) is 41.9 Å². The second-order valence-electron chi connectivity index (χ2n) is 5.70. The quantitative estimate of drug-likeness (QED) is 0.354. The Labute approximate surface area is 153 Å². The number of rotatable bonds is 7. The van der Waals surface area contributed by atoms with Gasteiger partial charge in [0, 0.05) is 22.3 Å². The Morgan fingerprint density at radius 3 is 2.50 bits per heavy atom. The Kier molecular flexibility index (Phi) is 6.33.